The fourth-order valence-corrected chi connectivity index (χ4v) is 0.964. The Bertz CT molecular complexity index is 234. The van der Waals surface area contributed by atoms with Gasteiger partial charge in [-0.25, -0.2) is 0 Å². The fraction of sp³-hybridized carbons (Fsp3) is 0.333. The van der Waals surface area contributed by atoms with Crippen LogP contribution in [0.25, 0.3) is 0 Å². The summed E-state index contributed by atoms with van der Waals surface area (Å²) in [7, 11) is 1.60. The van der Waals surface area contributed by atoms with E-state index in [4.69, 9.17) is 4.74 Å². The van der Waals surface area contributed by atoms with Crippen LogP contribution in [0, 0.1) is 0 Å². The molecular formula is C9H12O2. The lowest BCUT2D eigenvalue weighted by Crippen LogP contribution is -1.88. The Morgan fingerprint density at radius 3 is 2.82 bits per heavy atom. The third-order valence-electron chi connectivity index (χ3n) is 1.54. The lowest BCUT2D eigenvalue weighted by atomic mass is 10.2. The first-order valence-corrected chi connectivity index (χ1v) is 3.53. The molecule has 60 valence electrons. The summed E-state index contributed by atoms with van der Waals surface area (Å²) >= 11 is 0. The molecule has 0 bridgehead atoms. The van der Waals surface area contributed by atoms with E-state index in [1.807, 2.05) is 19.1 Å². The van der Waals surface area contributed by atoms with Crippen LogP contribution in [-0.4, -0.2) is 12.2 Å². The Balaban J connectivity index is 2.85. The van der Waals surface area contributed by atoms with Crippen LogP contribution in [0.5, 0.6) is 0 Å². The molecule has 11 heavy (non-hydrogen) atoms. The minimum absolute atomic E-state index is 0.351. The van der Waals surface area contributed by atoms with Gasteiger partial charge >= 0.3 is 0 Å². The van der Waals surface area contributed by atoms with Crippen molar-refractivity contribution in [3.8, 4) is 0 Å². The lowest BCUT2D eigenvalue weighted by Gasteiger charge is -2.01. The topological polar surface area (TPSA) is 29.5 Å². The van der Waals surface area contributed by atoms with Gasteiger partial charge in [-0.1, -0.05) is 6.08 Å². The van der Waals surface area contributed by atoms with Crippen molar-refractivity contribution in [2.75, 3.05) is 7.11 Å². The molecule has 0 spiro atoms. The molecule has 0 saturated heterocycles. The molecule has 1 N–H and O–H groups in total. The van der Waals surface area contributed by atoms with Crippen molar-refractivity contribution in [3.05, 3.63) is 35.3 Å². The summed E-state index contributed by atoms with van der Waals surface area (Å²) in [5.74, 6) is 1.14. The smallest absolute Gasteiger partial charge is 0.103 e. The van der Waals surface area contributed by atoms with Crippen LogP contribution in [0.3, 0.4) is 0 Å². The van der Waals surface area contributed by atoms with Crippen LogP contribution in [0.2, 0.25) is 0 Å². The van der Waals surface area contributed by atoms with Crippen LogP contribution >= 0.6 is 0 Å². The van der Waals surface area contributed by atoms with Gasteiger partial charge in [-0.2, -0.15) is 0 Å². The predicted octanol–water partition coefficient (Wildman–Crippen LogP) is 2.31. The highest BCUT2D eigenvalue weighted by molar-refractivity contribution is 5.29. The third-order valence-corrected chi connectivity index (χ3v) is 1.54. The van der Waals surface area contributed by atoms with Crippen LogP contribution in [-0.2, 0) is 4.74 Å². The van der Waals surface area contributed by atoms with Gasteiger partial charge in [-0.3, -0.25) is 0 Å². The number of hydrogen-bond donors (Lipinski definition) is 1. The van der Waals surface area contributed by atoms with E-state index in [0.717, 1.165) is 11.3 Å². The van der Waals surface area contributed by atoms with E-state index >= 15 is 0 Å². The number of aliphatic hydroxyl groups excluding tert-OH is 1. The Morgan fingerprint density at radius 2 is 2.18 bits per heavy atom. The first-order chi connectivity index (χ1) is 5.22. The largest absolute Gasteiger partial charge is 0.512 e. The molecule has 0 aromatic heterocycles. The van der Waals surface area contributed by atoms with E-state index in [0.29, 0.717) is 12.2 Å². The summed E-state index contributed by atoms with van der Waals surface area (Å²) in [5, 5.41) is 9.26. The molecule has 0 aromatic rings. The molecule has 2 heteroatoms. The second-order valence-corrected chi connectivity index (χ2v) is 2.56. The predicted molar refractivity (Wildman–Crippen MR) is 44.2 cm³/mol. The van der Waals surface area contributed by atoms with Crippen LogP contribution in [0.1, 0.15) is 13.3 Å². The van der Waals surface area contributed by atoms with E-state index in [-0.39, 0.29) is 0 Å². The van der Waals surface area contributed by atoms with E-state index < -0.39 is 0 Å². The van der Waals surface area contributed by atoms with E-state index in [2.05, 4.69) is 0 Å². The maximum Gasteiger partial charge on any atom is 0.103 e. The molecule has 0 unspecified atom stereocenters. The number of rotatable bonds is 1. The van der Waals surface area contributed by atoms with Crippen LogP contribution in [0.15, 0.2) is 35.3 Å². The average molecular weight is 152 g/mol. The Morgan fingerprint density at radius 1 is 1.45 bits per heavy atom. The molecule has 1 aliphatic rings. The van der Waals surface area contributed by atoms with Gasteiger partial charge in [0, 0.05) is 0 Å². The van der Waals surface area contributed by atoms with Gasteiger partial charge in [0.1, 0.15) is 5.76 Å². The van der Waals surface area contributed by atoms with Crippen molar-refractivity contribution in [3.63, 3.8) is 0 Å². The maximum absolute atomic E-state index is 9.26. The highest BCUT2D eigenvalue weighted by atomic mass is 16.5. The quantitative estimate of drug-likeness (QED) is 0.624. The Hall–Kier alpha value is -1.18. The molecule has 0 saturated carbocycles. The van der Waals surface area contributed by atoms with Crippen LogP contribution in [0.4, 0.5) is 0 Å². The maximum atomic E-state index is 9.26. The fourth-order valence-electron chi connectivity index (χ4n) is 0.964. The van der Waals surface area contributed by atoms with Gasteiger partial charge < -0.3 is 9.84 Å². The molecule has 0 atom stereocenters. The number of allylic oxidation sites excluding steroid dienone is 4. The second-order valence-electron chi connectivity index (χ2n) is 2.56. The summed E-state index contributed by atoms with van der Waals surface area (Å²) in [6, 6.07) is 0. The van der Waals surface area contributed by atoms with Crippen molar-refractivity contribution >= 4 is 0 Å². The SMILES string of the molecule is COC1=CC=C(C)C=C(O)C1. The molecule has 0 radical (unpaired) electrons. The van der Waals surface area contributed by atoms with Gasteiger partial charge in [-0.05, 0) is 24.6 Å². The van der Waals surface area contributed by atoms with Crippen molar-refractivity contribution < 1.29 is 9.84 Å². The third kappa shape index (κ3) is 2.15. The van der Waals surface area contributed by atoms with Crippen LogP contribution < -0.4 is 0 Å². The Labute approximate surface area is 66.5 Å². The minimum Gasteiger partial charge on any atom is -0.512 e. The van der Waals surface area contributed by atoms with Crippen molar-refractivity contribution in [2.45, 2.75) is 13.3 Å². The highest BCUT2D eigenvalue weighted by Gasteiger charge is 2.02. The molecule has 0 aromatic carbocycles. The number of aliphatic hydroxyl groups is 1. The summed E-state index contributed by atoms with van der Waals surface area (Å²) in [4.78, 5) is 0. The summed E-state index contributed by atoms with van der Waals surface area (Å²) < 4.78 is 5.01. The lowest BCUT2D eigenvalue weighted by molar-refractivity contribution is 0.266. The summed E-state index contributed by atoms with van der Waals surface area (Å²) in [6.07, 6.45) is 6.02. The minimum atomic E-state index is 0.351. The first kappa shape index (κ1) is 7.92. The standard InChI is InChI=1S/C9H12O2/c1-7-3-4-9(11-2)6-8(10)5-7/h3-5,10H,6H2,1-2H3. The summed E-state index contributed by atoms with van der Waals surface area (Å²) in [5.41, 5.74) is 1.04. The Kier molecular flexibility index (Phi) is 2.36. The van der Waals surface area contributed by atoms with E-state index in [9.17, 15) is 5.11 Å². The van der Waals surface area contributed by atoms with Gasteiger partial charge in [0.05, 0.1) is 19.3 Å². The van der Waals surface area contributed by atoms with Crippen molar-refractivity contribution in [1.29, 1.82) is 0 Å². The number of hydrogen-bond acceptors (Lipinski definition) is 2. The van der Waals surface area contributed by atoms with Crippen molar-refractivity contribution in [2.24, 2.45) is 0 Å². The van der Waals surface area contributed by atoms with Gasteiger partial charge in [0.15, 0.2) is 0 Å². The average Bonchev–Trinajstić information content (AvgIpc) is 2.11. The number of ether oxygens (including phenoxy) is 1. The molecule has 2 nitrogen and oxygen atoms in total. The zero-order chi connectivity index (χ0) is 8.27. The monoisotopic (exact) mass is 152 g/mol. The summed E-state index contributed by atoms with van der Waals surface area (Å²) in [6.45, 7) is 1.94. The van der Waals surface area contributed by atoms with Crippen molar-refractivity contribution in [1.82, 2.24) is 0 Å². The second kappa shape index (κ2) is 3.28. The number of methoxy groups -OCH3 is 1. The molecule has 1 rings (SSSR count). The van der Waals surface area contributed by atoms with E-state index in [1.165, 1.54) is 0 Å². The molecule has 0 fully saturated rings. The molecular weight excluding hydrogens is 140 g/mol. The molecule has 1 aliphatic carbocycles. The highest BCUT2D eigenvalue weighted by Crippen LogP contribution is 2.15. The van der Waals surface area contributed by atoms with E-state index in [1.54, 1.807) is 13.2 Å². The van der Waals surface area contributed by atoms with Gasteiger partial charge in [0.25, 0.3) is 0 Å². The van der Waals surface area contributed by atoms with Gasteiger partial charge in [-0.15, -0.1) is 0 Å². The van der Waals surface area contributed by atoms with Gasteiger partial charge in [0.2, 0.25) is 0 Å². The zero-order valence-electron chi connectivity index (χ0n) is 6.79. The molecule has 0 heterocycles. The zero-order valence-corrected chi connectivity index (χ0v) is 6.79. The first-order valence-electron chi connectivity index (χ1n) is 3.53. The molecule has 0 aliphatic heterocycles. The molecule has 0 amide bonds. The normalized spacial score (nSPS) is 17.8.